The predicted octanol–water partition coefficient (Wildman–Crippen LogP) is 6.37. The Kier molecular flexibility index (Phi) is 7.23. The Morgan fingerprint density at radius 3 is 2.40 bits per heavy atom. The summed E-state index contributed by atoms with van der Waals surface area (Å²) in [6.07, 6.45) is 2.60. The molecule has 0 fully saturated rings. The summed E-state index contributed by atoms with van der Waals surface area (Å²) in [5, 5.41) is 13.5. The molecule has 0 atom stereocenters. The van der Waals surface area contributed by atoms with Crippen molar-refractivity contribution in [2.75, 3.05) is 11.1 Å². The monoisotopic (exact) mass is 517 g/mol. The summed E-state index contributed by atoms with van der Waals surface area (Å²) in [7, 11) is 0. The van der Waals surface area contributed by atoms with E-state index in [1.807, 2.05) is 83.6 Å². The zero-order valence-corrected chi connectivity index (χ0v) is 20.9. The van der Waals surface area contributed by atoms with E-state index in [4.69, 9.17) is 11.6 Å². The molecule has 0 bridgehead atoms. The molecule has 1 amide bonds. The van der Waals surface area contributed by atoms with Crippen LogP contribution in [0, 0.1) is 0 Å². The molecule has 6 nitrogen and oxygen atoms in total. The van der Waals surface area contributed by atoms with Crippen LogP contribution in [0.4, 0.5) is 5.13 Å². The highest BCUT2D eigenvalue weighted by molar-refractivity contribution is 7.99. The minimum atomic E-state index is -0.150. The summed E-state index contributed by atoms with van der Waals surface area (Å²) in [6.45, 7) is 0. The van der Waals surface area contributed by atoms with Crippen LogP contribution < -0.4 is 5.32 Å². The van der Waals surface area contributed by atoms with Crippen molar-refractivity contribution in [2.45, 2.75) is 11.6 Å². The molecule has 5 rings (SSSR count). The van der Waals surface area contributed by atoms with Crippen LogP contribution in [0.3, 0.4) is 0 Å². The van der Waals surface area contributed by atoms with Gasteiger partial charge in [0.1, 0.15) is 0 Å². The molecular formula is C26H20ClN5OS2. The number of anilines is 1. The zero-order valence-electron chi connectivity index (χ0n) is 18.5. The van der Waals surface area contributed by atoms with Crippen molar-refractivity contribution in [2.24, 2.45) is 0 Å². The van der Waals surface area contributed by atoms with Gasteiger partial charge in [0, 0.05) is 33.8 Å². The molecule has 2 aromatic heterocycles. The summed E-state index contributed by atoms with van der Waals surface area (Å²) in [4.78, 5) is 18.1. The number of amides is 1. The fourth-order valence-electron chi connectivity index (χ4n) is 3.49. The molecule has 9 heteroatoms. The maximum Gasteiger partial charge on any atom is 0.236 e. The SMILES string of the molecule is O=C(CSc1nnc(-c2ccccc2)n1-c1ccc(Cl)cc1)Nc1ncc(Cc2ccccc2)s1. The van der Waals surface area contributed by atoms with Gasteiger partial charge in [-0.3, -0.25) is 9.36 Å². The van der Waals surface area contributed by atoms with Crippen LogP contribution in [0.5, 0.6) is 0 Å². The van der Waals surface area contributed by atoms with E-state index in [9.17, 15) is 4.79 Å². The Morgan fingerprint density at radius 2 is 1.66 bits per heavy atom. The molecule has 3 aromatic carbocycles. The number of nitrogens with one attached hydrogen (secondary N) is 1. The van der Waals surface area contributed by atoms with Gasteiger partial charge in [0.2, 0.25) is 5.91 Å². The van der Waals surface area contributed by atoms with Crippen LogP contribution in [-0.4, -0.2) is 31.4 Å². The van der Waals surface area contributed by atoms with Gasteiger partial charge in [0.05, 0.1) is 5.75 Å². The van der Waals surface area contributed by atoms with Crippen LogP contribution in [0.1, 0.15) is 10.4 Å². The van der Waals surface area contributed by atoms with Gasteiger partial charge in [-0.2, -0.15) is 0 Å². The van der Waals surface area contributed by atoms with E-state index in [-0.39, 0.29) is 11.7 Å². The lowest BCUT2D eigenvalue weighted by Gasteiger charge is -2.10. The third-order valence-corrected chi connectivity index (χ3v) is 7.20. The van der Waals surface area contributed by atoms with Crippen molar-refractivity contribution in [3.63, 3.8) is 0 Å². The summed E-state index contributed by atoms with van der Waals surface area (Å²) in [5.74, 6) is 0.720. The van der Waals surface area contributed by atoms with Gasteiger partial charge in [0.25, 0.3) is 0 Å². The molecule has 2 heterocycles. The number of rotatable bonds is 8. The van der Waals surface area contributed by atoms with E-state index in [0.717, 1.165) is 22.5 Å². The number of aromatic nitrogens is 4. The van der Waals surface area contributed by atoms with E-state index in [2.05, 4.69) is 32.6 Å². The van der Waals surface area contributed by atoms with Gasteiger partial charge in [-0.1, -0.05) is 84.0 Å². The van der Waals surface area contributed by atoms with Crippen LogP contribution in [0.25, 0.3) is 17.1 Å². The first kappa shape index (κ1) is 23.3. The first-order chi connectivity index (χ1) is 17.2. The summed E-state index contributed by atoms with van der Waals surface area (Å²) in [6, 6.07) is 27.5. The van der Waals surface area contributed by atoms with Gasteiger partial charge < -0.3 is 5.32 Å². The molecule has 0 spiro atoms. The van der Waals surface area contributed by atoms with Crippen molar-refractivity contribution in [1.82, 2.24) is 19.7 Å². The normalized spacial score (nSPS) is 10.9. The molecule has 0 radical (unpaired) electrons. The summed E-state index contributed by atoms with van der Waals surface area (Å²) >= 11 is 8.89. The lowest BCUT2D eigenvalue weighted by Crippen LogP contribution is -2.14. The average Bonchev–Trinajstić information content (AvgIpc) is 3.51. The number of carbonyl (C=O) groups excluding carboxylic acids is 1. The highest BCUT2D eigenvalue weighted by atomic mass is 35.5. The number of benzene rings is 3. The lowest BCUT2D eigenvalue weighted by atomic mass is 10.1. The predicted molar refractivity (Wildman–Crippen MR) is 143 cm³/mol. The fraction of sp³-hybridized carbons (Fsp3) is 0.0769. The number of hydrogen-bond donors (Lipinski definition) is 1. The van der Waals surface area contributed by atoms with Gasteiger partial charge in [-0.25, -0.2) is 4.98 Å². The van der Waals surface area contributed by atoms with Crippen molar-refractivity contribution in [1.29, 1.82) is 0 Å². The third-order valence-electron chi connectivity index (χ3n) is 5.10. The molecular weight excluding hydrogens is 498 g/mol. The number of hydrogen-bond acceptors (Lipinski definition) is 6. The summed E-state index contributed by atoms with van der Waals surface area (Å²) < 4.78 is 1.94. The van der Waals surface area contributed by atoms with Crippen LogP contribution >= 0.6 is 34.7 Å². The first-order valence-corrected chi connectivity index (χ1v) is 13.0. The van der Waals surface area contributed by atoms with Gasteiger partial charge in [-0.15, -0.1) is 21.5 Å². The quantitative estimate of drug-likeness (QED) is 0.242. The van der Waals surface area contributed by atoms with Crippen molar-refractivity contribution in [3.05, 3.63) is 107 Å². The Bertz CT molecular complexity index is 1420. The molecule has 35 heavy (non-hydrogen) atoms. The number of nitrogens with zero attached hydrogens (tertiary/aromatic N) is 4. The minimum absolute atomic E-state index is 0.150. The average molecular weight is 518 g/mol. The number of halogens is 1. The molecule has 0 aliphatic rings. The van der Waals surface area contributed by atoms with Crippen LogP contribution in [-0.2, 0) is 11.2 Å². The van der Waals surface area contributed by atoms with Crippen molar-refractivity contribution < 1.29 is 4.79 Å². The van der Waals surface area contributed by atoms with Gasteiger partial charge in [0.15, 0.2) is 16.1 Å². The second kappa shape index (κ2) is 10.9. The van der Waals surface area contributed by atoms with E-state index >= 15 is 0 Å². The maximum absolute atomic E-state index is 12.7. The molecule has 0 aliphatic carbocycles. The number of carbonyl (C=O) groups is 1. The Hall–Kier alpha value is -3.46. The highest BCUT2D eigenvalue weighted by Crippen LogP contribution is 2.29. The Balaban J connectivity index is 1.29. The molecule has 174 valence electrons. The number of thiazole rings is 1. The second-order valence-electron chi connectivity index (χ2n) is 7.61. The fourth-order valence-corrected chi connectivity index (χ4v) is 5.23. The zero-order chi connectivity index (χ0) is 24.0. The second-order valence-corrected chi connectivity index (χ2v) is 10.1. The minimum Gasteiger partial charge on any atom is -0.301 e. The largest absolute Gasteiger partial charge is 0.301 e. The van der Waals surface area contributed by atoms with Crippen molar-refractivity contribution in [3.8, 4) is 17.1 Å². The molecule has 0 aliphatic heterocycles. The molecule has 0 saturated carbocycles. The smallest absolute Gasteiger partial charge is 0.236 e. The number of thioether (sulfide) groups is 1. The van der Waals surface area contributed by atoms with Crippen LogP contribution in [0.2, 0.25) is 5.02 Å². The highest BCUT2D eigenvalue weighted by Gasteiger charge is 2.18. The van der Waals surface area contributed by atoms with E-state index in [1.165, 1.54) is 28.7 Å². The molecule has 5 aromatic rings. The molecule has 1 N–H and O–H groups in total. The molecule has 0 saturated heterocycles. The lowest BCUT2D eigenvalue weighted by molar-refractivity contribution is -0.113. The third kappa shape index (κ3) is 5.79. The maximum atomic E-state index is 12.7. The van der Waals surface area contributed by atoms with E-state index in [1.54, 1.807) is 0 Å². The van der Waals surface area contributed by atoms with E-state index < -0.39 is 0 Å². The topological polar surface area (TPSA) is 72.7 Å². The Morgan fingerprint density at radius 1 is 0.943 bits per heavy atom. The van der Waals surface area contributed by atoms with Crippen LogP contribution in [0.15, 0.2) is 96.3 Å². The summed E-state index contributed by atoms with van der Waals surface area (Å²) in [5.41, 5.74) is 3.01. The van der Waals surface area contributed by atoms with E-state index in [0.29, 0.717) is 21.1 Å². The van der Waals surface area contributed by atoms with Gasteiger partial charge >= 0.3 is 0 Å². The van der Waals surface area contributed by atoms with Gasteiger partial charge in [-0.05, 0) is 29.8 Å². The Labute approximate surface area is 216 Å². The van der Waals surface area contributed by atoms with Crippen molar-refractivity contribution >= 4 is 45.7 Å². The standard InChI is InChI=1S/C26H20ClN5OS2/c27-20-11-13-21(14-12-20)32-24(19-9-5-2-6-10-19)30-31-26(32)34-17-23(33)29-25-28-16-22(35-25)15-18-7-3-1-4-8-18/h1-14,16H,15,17H2,(H,28,29,33). The molecule has 0 unspecified atom stereocenters. The first-order valence-electron chi connectivity index (χ1n) is 10.8.